The number of benzene rings is 2. The molecule has 0 heterocycles. The van der Waals surface area contributed by atoms with Gasteiger partial charge in [0.05, 0.1) is 7.11 Å². The van der Waals surface area contributed by atoms with E-state index in [9.17, 15) is 0 Å². The van der Waals surface area contributed by atoms with Crippen molar-refractivity contribution in [1.82, 2.24) is 0 Å². The van der Waals surface area contributed by atoms with Gasteiger partial charge in [0.15, 0.2) is 0 Å². The average molecular weight is 304 g/mol. The van der Waals surface area contributed by atoms with Crippen LogP contribution in [0.25, 0.3) is 0 Å². The first-order valence-corrected chi connectivity index (χ1v) is 6.04. The summed E-state index contributed by atoms with van der Waals surface area (Å²) in [6.45, 7) is 0. The lowest BCUT2D eigenvalue weighted by Crippen LogP contribution is -1.89. The van der Waals surface area contributed by atoms with Crippen LogP contribution in [0, 0.1) is 11.3 Å². The summed E-state index contributed by atoms with van der Waals surface area (Å²) < 4.78 is 11.5. The highest BCUT2D eigenvalue weighted by Crippen LogP contribution is 2.30. The Morgan fingerprint density at radius 2 is 1.72 bits per heavy atom. The predicted octanol–water partition coefficient (Wildman–Crippen LogP) is 4.12. The SMILES string of the molecule is COc1ccc(Oc2cccc(Br)c2C#N)cc1. The van der Waals surface area contributed by atoms with Gasteiger partial charge in [0.2, 0.25) is 0 Å². The number of hydrogen-bond acceptors (Lipinski definition) is 3. The molecular weight excluding hydrogens is 294 g/mol. The van der Waals surface area contributed by atoms with Crippen LogP contribution in [0.1, 0.15) is 5.56 Å². The number of nitrogens with zero attached hydrogens (tertiary/aromatic N) is 1. The molecule has 0 saturated heterocycles. The molecule has 0 unspecified atom stereocenters. The Hall–Kier alpha value is -1.99. The lowest BCUT2D eigenvalue weighted by Gasteiger charge is -2.08. The minimum atomic E-state index is 0.480. The molecule has 0 saturated carbocycles. The quantitative estimate of drug-likeness (QED) is 0.856. The molecule has 3 nitrogen and oxygen atoms in total. The molecule has 4 heteroatoms. The van der Waals surface area contributed by atoms with Crippen LogP contribution < -0.4 is 9.47 Å². The molecule has 0 radical (unpaired) electrons. The number of halogens is 1. The average Bonchev–Trinajstić information content (AvgIpc) is 2.40. The van der Waals surface area contributed by atoms with E-state index in [0.29, 0.717) is 17.1 Å². The minimum absolute atomic E-state index is 0.480. The molecular formula is C14H10BrNO2. The van der Waals surface area contributed by atoms with Gasteiger partial charge in [-0.25, -0.2) is 0 Å². The normalized spacial score (nSPS) is 9.61. The highest BCUT2D eigenvalue weighted by atomic mass is 79.9. The van der Waals surface area contributed by atoms with E-state index in [0.717, 1.165) is 10.2 Å². The van der Waals surface area contributed by atoms with Crippen molar-refractivity contribution in [3.8, 4) is 23.3 Å². The zero-order chi connectivity index (χ0) is 13.0. The fourth-order valence-electron chi connectivity index (χ4n) is 1.47. The van der Waals surface area contributed by atoms with Gasteiger partial charge in [-0.2, -0.15) is 5.26 Å². The number of hydrogen-bond donors (Lipinski definition) is 0. The van der Waals surface area contributed by atoms with Crippen molar-refractivity contribution in [3.05, 3.63) is 52.5 Å². The van der Waals surface area contributed by atoms with E-state index in [1.165, 1.54) is 0 Å². The first-order valence-electron chi connectivity index (χ1n) is 5.25. The molecule has 0 N–H and O–H groups in total. The summed E-state index contributed by atoms with van der Waals surface area (Å²) in [5, 5.41) is 9.08. The second-order valence-electron chi connectivity index (χ2n) is 3.50. The van der Waals surface area contributed by atoms with Crippen LogP contribution in [0.2, 0.25) is 0 Å². The summed E-state index contributed by atoms with van der Waals surface area (Å²) >= 11 is 3.32. The molecule has 0 aliphatic carbocycles. The number of nitriles is 1. The highest BCUT2D eigenvalue weighted by molar-refractivity contribution is 9.10. The van der Waals surface area contributed by atoms with Crippen LogP contribution in [0.15, 0.2) is 46.9 Å². The Bertz CT molecular complexity index is 588. The first-order chi connectivity index (χ1) is 8.74. The number of methoxy groups -OCH3 is 1. The second kappa shape index (κ2) is 5.56. The molecule has 0 aromatic heterocycles. The van der Waals surface area contributed by atoms with Gasteiger partial charge in [-0.1, -0.05) is 6.07 Å². The van der Waals surface area contributed by atoms with E-state index in [1.807, 2.05) is 6.07 Å². The fourth-order valence-corrected chi connectivity index (χ4v) is 1.91. The maximum atomic E-state index is 9.08. The van der Waals surface area contributed by atoms with Gasteiger partial charge in [-0.3, -0.25) is 0 Å². The topological polar surface area (TPSA) is 42.2 Å². The molecule has 2 rings (SSSR count). The Morgan fingerprint density at radius 3 is 2.33 bits per heavy atom. The summed E-state index contributed by atoms with van der Waals surface area (Å²) in [6, 6.07) is 14.7. The molecule has 0 amide bonds. The summed E-state index contributed by atoms with van der Waals surface area (Å²) in [5.74, 6) is 1.94. The Labute approximate surface area is 114 Å². The van der Waals surface area contributed by atoms with Crippen LogP contribution in [-0.4, -0.2) is 7.11 Å². The predicted molar refractivity (Wildman–Crippen MR) is 71.9 cm³/mol. The van der Waals surface area contributed by atoms with Crippen molar-refractivity contribution in [2.75, 3.05) is 7.11 Å². The molecule has 0 aliphatic rings. The van der Waals surface area contributed by atoms with Gasteiger partial charge in [0, 0.05) is 4.47 Å². The molecule has 18 heavy (non-hydrogen) atoms. The molecule has 0 aliphatic heterocycles. The second-order valence-corrected chi connectivity index (χ2v) is 4.36. The largest absolute Gasteiger partial charge is 0.497 e. The Kier molecular flexibility index (Phi) is 3.85. The Morgan fingerprint density at radius 1 is 1.06 bits per heavy atom. The van der Waals surface area contributed by atoms with Crippen LogP contribution in [0.5, 0.6) is 17.2 Å². The van der Waals surface area contributed by atoms with Crippen LogP contribution in [-0.2, 0) is 0 Å². The standard InChI is InChI=1S/C14H10BrNO2/c1-17-10-5-7-11(8-6-10)18-14-4-2-3-13(15)12(14)9-16/h2-8H,1H3. The van der Waals surface area contributed by atoms with E-state index in [1.54, 1.807) is 43.5 Å². The summed E-state index contributed by atoms with van der Waals surface area (Å²) in [5.41, 5.74) is 0.480. The number of rotatable bonds is 3. The summed E-state index contributed by atoms with van der Waals surface area (Å²) in [6.07, 6.45) is 0. The molecule has 90 valence electrons. The van der Waals surface area contributed by atoms with E-state index in [-0.39, 0.29) is 0 Å². The molecule has 0 spiro atoms. The fraction of sp³-hybridized carbons (Fsp3) is 0.0714. The summed E-state index contributed by atoms with van der Waals surface area (Å²) in [4.78, 5) is 0. The van der Waals surface area contributed by atoms with E-state index in [2.05, 4.69) is 22.0 Å². The van der Waals surface area contributed by atoms with Gasteiger partial charge >= 0.3 is 0 Å². The molecule has 0 bridgehead atoms. The third-order valence-electron chi connectivity index (χ3n) is 2.37. The zero-order valence-corrected chi connectivity index (χ0v) is 11.3. The minimum Gasteiger partial charge on any atom is -0.497 e. The smallest absolute Gasteiger partial charge is 0.146 e. The van der Waals surface area contributed by atoms with Crippen molar-refractivity contribution >= 4 is 15.9 Å². The zero-order valence-electron chi connectivity index (χ0n) is 9.68. The van der Waals surface area contributed by atoms with Gasteiger partial charge in [0.25, 0.3) is 0 Å². The summed E-state index contributed by atoms with van der Waals surface area (Å²) in [7, 11) is 1.61. The first kappa shape index (κ1) is 12.5. The van der Waals surface area contributed by atoms with Crippen molar-refractivity contribution in [3.63, 3.8) is 0 Å². The van der Waals surface area contributed by atoms with Crippen LogP contribution >= 0.6 is 15.9 Å². The maximum Gasteiger partial charge on any atom is 0.146 e. The van der Waals surface area contributed by atoms with E-state index in [4.69, 9.17) is 14.7 Å². The molecule has 0 atom stereocenters. The van der Waals surface area contributed by atoms with Gasteiger partial charge in [-0.15, -0.1) is 0 Å². The highest BCUT2D eigenvalue weighted by Gasteiger charge is 2.08. The molecule has 0 fully saturated rings. The third-order valence-corrected chi connectivity index (χ3v) is 3.04. The maximum absolute atomic E-state index is 9.08. The van der Waals surface area contributed by atoms with Crippen molar-refractivity contribution in [2.24, 2.45) is 0 Å². The van der Waals surface area contributed by atoms with Crippen LogP contribution in [0.3, 0.4) is 0 Å². The van der Waals surface area contributed by atoms with Crippen molar-refractivity contribution < 1.29 is 9.47 Å². The molecule has 2 aromatic carbocycles. The lowest BCUT2D eigenvalue weighted by atomic mass is 10.2. The monoisotopic (exact) mass is 303 g/mol. The van der Waals surface area contributed by atoms with Gasteiger partial charge in [0.1, 0.15) is 28.9 Å². The van der Waals surface area contributed by atoms with Gasteiger partial charge in [-0.05, 0) is 52.3 Å². The van der Waals surface area contributed by atoms with E-state index >= 15 is 0 Å². The van der Waals surface area contributed by atoms with E-state index < -0.39 is 0 Å². The number of ether oxygens (including phenoxy) is 2. The van der Waals surface area contributed by atoms with Crippen molar-refractivity contribution in [2.45, 2.75) is 0 Å². The van der Waals surface area contributed by atoms with Crippen molar-refractivity contribution in [1.29, 1.82) is 5.26 Å². The Balaban J connectivity index is 2.28. The van der Waals surface area contributed by atoms with Crippen LogP contribution in [0.4, 0.5) is 0 Å². The molecule has 2 aromatic rings. The van der Waals surface area contributed by atoms with Gasteiger partial charge < -0.3 is 9.47 Å². The third kappa shape index (κ3) is 2.63. The lowest BCUT2D eigenvalue weighted by molar-refractivity contribution is 0.413.